The average molecular weight is 337 g/mol. The first kappa shape index (κ1) is 12.6. The van der Waals surface area contributed by atoms with Gasteiger partial charge in [0, 0.05) is 13.2 Å². The quantitative estimate of drug-likeness (QED) is 0.772. The van der Waals surface area contributed by atoms with E-state index < -0.39 is 0 Å². The molecule has 6 heteroatoms. The van der Waals surface area contributed by atoms with Crippen molar-refractivity contribution in [2.24, 2.45) is 0 Å². The number of thiazole rings is 1. The normalized spacial score (nSPS) is 11.2. The van der Waals surface area contributed by atoms with Gasteiger partial charge in [0.2, 0.25) is 0 Å². The number of aromatic nitrogens is 3. The summed E-state index contributed by atoms with van der Waals surface area (Å²) in [5.74, 6) is 0. The largest absolute Gasteiger partial charge is 0.365 e. The van der Waals surface area contributed by atoms with E-state index in [1.54, 1.807) is 11.3 Å². The second-order valence-electron chi connectivity index (χ2n) is 4.37. The lowest BCUT2D eigenvalue weighted by Gasteiger charge is -1.96. The van der Waals surface area contributed by atoms with Crippen molar-refractivity contribution in [3.05, 3.63) is 34.2 Å². The molecular formula is C13H13BrN4S. The van der Waals surface area contributed by atoms with Crippen molar-refractivity contribution in [3.63, 3.8) is 0 Å². The van der Waals surface area contributed by atoms with Gasteiger partial charge >= 0.3 is 0 Å². The fraction of sp³-hybridized carbons (Fsp3) is 0.231. The minimum atomic E-state index is 0.910. The van der Waals surface area contributed by atoms with Gasteiger partial charge < -0.3 is 5.32 Å². The van der Waals surface area contributed by atoms with E-state index in [0.717, 1.165) is 31.6 Å². The fourth-order valence-corrected chi connectivity index (χ4v) is 3.61. The lowest BCUT2D eigenvalue weighted by Crippen LogP contribution is -1.85. The van der Waals surface area contributed by atoms with E-state index in [9.17, 15) is 0 Å². The van der Waals surface area contributed by atoms with Gasteiger partial charge in [0.15, 0.2) is 5.13 Å². The number of nitrogens with zero attached hydrogens (tertiary/aromatic N) is 3. The third-order valence-corrected chi connectivity index (χ3v) is 4.89. The Kier molecular flexibility index (Phi) is 3.06. The molecule has 3 heterocycles. The smallest absolute Gasteiger partial charge is 0.183 e. The minimum absolute atomic E-state index is 0.910. The lowest BCUT2D eigenvalue weighted by atomic mass is 10.3. The maximum atomic E-state index is 4.71. The summed E-state index contributed by atoms with van der Waals surface area (Å²) >= 11 is 5.26. The van der Waals surface area contributed by atoms with Gasteiger partial charge in [-0.2, -0.15) is 0 Å². The van der Waals surface area contributed by atoms with Crippen LogP contribution in [0.15, 0.2) is 22.9 Å². The van der Waals surface area contributed by atoms with Crippen LogP contribution in [0.2, 0.25) is 0 Å². The number of hydrogen-bond acceptors (Lipinski definition) is 4. The molecule has 19 heavy (non-hydrogen) atoms. The Labute approximate surface area is 123 Å². The van der Waals surface area contributed by atoms with E-state index in [4.69, 9.17) is 4.98 Å². The average Bonchev–Trinajstić information content (AvgIpc) is 2.90. The Bertz CT molecular complexity index is 759. The van der Waals surface area contributed by atoms with E-state index in [0.29, 0.717) is 0 Å². The summed E-state index contributed by atoms with van der Waals surface area (Å²) in [7, 11) is 1.88. The van der Waals surface area contributed by atoms with Gasteiger partial charge in [0.05, 0.1) is 10.6 Å². The highest BCUT2D eigenvalue weighted by molar-refractivity contribution is 9.10. The molecule has 4 nitrogen and oxygen atoms in total. The van der Waals surface area contributed by atoms with Crippen molar-refractivity contribution in [1.29, 1.82) is 0 Å². The Morgan fingerprint density at radius 2 is 2.11 bits per heavy atom. The van der Waals surface area contributed by atoms with Crippen LogP contribution in [0.5, 0.6) is 0 Å². The maximum absolute atomic E-state index is 4.71. The molecule has 0 unspecified atom stereocenters. The monoisotopic (exact) mass is 336 g/mol. The molecule has 0 radical (unpaired) electrons. The molecule has 0 aliphatic carbocycles. The van der Waals surface area contributed by atoms with Crippen LogP contribution in [0.3, 0.4) is 0 Å². The zero-order valence-corrected chi connectivity index (χ0v) is 13.3. The summed E-state index contributed by atoms with van der Waals surface area (Å²) in [5.41, 5.74) is 4.09. The molecule has 0 fully saturated rings. The summed E-state index contributed by atoms with van der Waals surface area (Å²) < 4.78 is 3.01. The Hall–Kier alpha value is -1.40. The van der Waals surface area contributed by atoms with Crippen LogP contribution in [-0.2, 0) is 0 Å². The van der Waals surface area contributed by atoms with Gasteiger partial charge in [-0.1, -0.05) is 11.3 Å². The van der Waals surface area contributed by atoms with Gasteiger partial charge in [-0.25, -0.2) is 9.97 Å². The van der Waals surface area contributed by atoms with E-state index >= 15 is 0 Å². The molecule has 0 saturated carbocycles. The van der Waals surface area contributed by atoms with E-state index in [1.807, 2.05) is 24.6 Å². The summed E-state index contributed by atoms with van der Waals surface area (Å²) in [6.07, 6.45) is 2.03. The number of imidazole rings is 1. The van der Waals surface area contributed by atoms with E-state index in [1.165, 1.54) is 5.56 Å². The fourth-order valence-electron chi connectivity index (χ4n) is 1.98. The first-order valence-corrected chi connectivity index (χ1v) is 7.51. The highest BCUT2D eigenvalue weighted by Crippen LogP contribution is 2.36. The molecule has 98 valence electrons. The van der Waals surface area contributed by atoms with E-state index in [-0.39, 0.29) is 0 Å². The van der Waals surface area contributed by atoms with Crippen molar-refractivity contribution in [3.8, 4) is 10.6 Å². The van der Waals surface area contributed by atoms with Crippen molar-refractivity contribution in [2.75, 3.05) is 12.4 Å². The third-order valence-electron chi connectivity index (χ3n) is 2.95. The van der Waals surface area contributed by atoms with Crippen molar-refractivity contribution in [2.45, 2.75) is 13.8 Å². The predicted octanol–water partition coefficient (Wildman–Crippen LogP) is 3.88. The maximum Gasteiger partial charge on any atom is 0.183 e. The lowest BCUT2D eigenvalue weighted by molar-refractivity contribution is 1.14. The zero-order chi connectivity index (χ0) is 13.6. The number of rotatable bonds is 2. The second-order valence-corrected chi connectivity index (χ2v) is 6.12. The Morgan fingerprint density at radius 3 is 2.79 bits per heavy atom. The summed E-state index contributed by atoms with van der Waals surface area (Å²) in [5, 5.41) is 3.99. The number of anilines is 1. The number of fused-ring (bicyclic) bond motifs is 1. The summed E-state index contributed by atoms with van der Waals surface area (Å²) in [4.78, 5) is 10.3. The Balaban J connectivity index is 2.24. The molecular weight excluding hydrogens is 324 g/mol. The third kappa shape index (κ3) is 2.04. The van der Waals surface area contributed by atoms with Crippen LogP contribution < -0.4 is 5.32 Å². The van der Waals surface area contributed by atoms with Gasteiger partial charge in [-0.15, -0.1) is 0 Å². The molecule has 0 atom stereocenters. The summed E-state index contributed by atoms with van der Waals surface area (Å²) in [6, 6.07) is 4.14. The Morgan fingerprint density at radius 1 is 1.32 bits per heavy atom. The molecule has 0 aromatic carbocycles. The van der Waals surface area contributed by atoms with Crippen LogP contribution in [0, 0.1) is 13.8 Å². The highest BCUT2D eigenvalue weighted by atomic mass is 79.9. The molecule has 3 rings (SSSR count). The molecule has 3 aromatic rings. The first-order valence-electron chi connectivity index (χ1n) is 5.90. The molecule has 0 amide bonds. The number of halogens is 1. The van der Waals surface area contributed by atoms with Crippen LogP contribution in [-0.4, -0.2) is 21.4 Å². The number of pyridine rings is 1. The van der Waals surface area contributed by atoms with Crippen LogP contribution in [0.4, 0.5) is 5.13 Å². The van der Waals surface area contributed by atoms with Gasteiger partial charge in [-0.3, -0.25) is 4.40 Å². The van der Waals surface area contributed by atoms with Crippen LogP contribution in [0.1, 0.15) is 11.3 Å². The second kappa shape index (κ2) is 4.61. The molecule has 1 N–H and O–H groups in total. The zero-order valence-electron chi connectivity index (χ0n) is 10.9. The van der Waals surface area contributed by atoms with Gasteiger partial charge in [0.1, 0.15) is 15.9 Å². The minimum Gasteiger partial charge on any atom is -0.365 e. The molecule has 0 aliphatic heterocycles. The van der Waals surface area contributed by atoms with Crippen LogP contribution >= 0.6 is 27.3 Å². The molecule has 0 spiro atoms. The van der Waals surface area contributed by atoms with Crippen molar-refractivity contribution in [1.82, 2.24) is 14.4 Å². The predicted molar refractivity (Wildman–Crippen MR) is 83.0 cm³/mol. The standard InChI is InChI=1S/C13H13BrN4S/c1-7-4-5-18-9(6-7)17-10(12(18)14)11-8(2)16-13(15-3)19-11/h4-6H,1-3H3,(H,15,16). The van der Waals surface area contributed by atoms with Gasteiger partial charge in [-0.05, 0) is 47.5 Å². The number of aryl methyl sites for hydroxylation is 2. The van der Waals surface area contributed by atoms with E-state index in [2.05, 4.69) is 45.3 Å². The molecule has 0 bridgehead atoms. The highest BCUT2D eigenvalue weighted by Gasteiger charge is 2.17. The molecule has 0 aliphatic rings. The topological polar surface area (TPSA) is 42.2 Å². The number of nitrogens with one attached hydrogen (secondary N) is 1. The molecule has 0 saturated heterocycles. The number of hydrogen-bond donors (Lipinski definition) is 1. The van der Waals surface area contributed by atoms with Crippen molar-refractivity contribution >= 4 is 38.0 Å². The SMILES string of the molecule is CNc1nc(C)c(-c2nc3cc(C)ccn3c2Br)s1. The van der Waals surface area contributed by atoms with Crippen molar-refractivity contribution < 1.29 is 0 Å². The van der Waals surface area contributed by atoms with Gasteiger partial charge in [0.25, 0.3) is 0 Å². The first-order chi connectivity index (χ1) is 9.10. The molecule has 3 aromatic heterocycles. The summed E-state index contributed by atoms with van der Waals surface area (Å²) in [6.45, 7) is 4.08. The van der Waals surface area contributed by atoms with Crippen LogP contribution in [0.25, 0.3) is 16.2 Å².